The van der Waals surface area contributed by atoms with E-state index in [2.05, 4.69) is 23.7 Å². The normalized spacial score (nSPS) is 15.2. The van der Waals surface area contributed by atoms with Crippen LogP contribution in [0.3, 0.4) is 0 Å². The van der Waals surface area contributed by atoms with E-state index in [4.69, 9.17) is 4.74 Å². The van der Waals surface area contributed by atoms with E-state index in [1.165, 1.54) is 6.07 Å². The summed E-state index contributed by atoms with van der Waals surface area (Å²) in [7, 11) is 0. The van der Waals surface area contributed by atoms with Crippen molar-refractivity contribution in [3.63, 3.8) is 0 Å². The molecule has 1 N–H and O–H groups in total. The lowest BCUT2D eigenvalue weighted by Crippen LogP contribution is -2.38. The Morgan fingerprint density at radius 2 is 1.77 bits per heavy atom. The smallest absolute Gasteiger partial charge is 0.307 e. The van der Waals surface area contributed by atoms with Crippen molar-refractivity contribution < 1.29 is 19.0 Å². The molecule has 4 rings (SSSR count). The van der Waals surface area contributed by atoms with Gasteiger partial charge in [-0.3, -0.25) is 9.78 Å². The van der Waals surface area contributed by atoms with Crippen LogP contribution in [0.1, 0.15) is 49.2 Å². The molecule has 2 aromatic carbocycles. The molecule has 0 amide bonds. The molecule has 1 aromatic heterocycles. The number of hydrogen-bond donors (Lipinski definition) is 1. The number of ether oxygens (including phenoxy) is 1. The number of rotatable bonds is 7. The fraction of sp³-hybridized carbons (Fsp3) is 0.379. The van der Waals surface area contributed by atoms with E-state index in [1.54, 1.807) is 6.07 Å². The average Bonchev–Trinajstić information content (AvgIpc) is 2.80. The number of halogens is 1. The molecule has 1 fully saturated rings. The molecule has 0 atom stereocenters. The maximum atomic E-state index is 15.2. The Kier molecular flexibility index (Phi) is 7.10. The molecule has 6 heteroatoms. The summed E-state index contributed by atoms with van der Waals surface area (Å²) >= 11 is 0. The molecule has 184 valence electrons. The number of benzene rings is 2. The standard InChI is InChI=1S/C29H33FN2O3/c1-19-23(17-26(33)34)28(32-14-12-29(3,4)13-15-32)27(20(2)31-19)22-10-11-25(24(30)16-22)35-18-21-8-6-5-7-9-21/h5-11,16H,12-15,17-18H2,1-4H3,(H,33,34). The summed E-state index contributed by atoms with van der Waals surface area (Å²) in [6.07, 6.45) is 1.88. The minimum atomic E-state index is -0.904. The summed E-state index contributed by atoms with van der Waals surface area (Å²) in [5.74, 6) is -1.18. The Hall–Kier alpha value is -3.41. The molecular formula is C29H33FN2O3. The molecule has 3 aromatic rings. The van der Waals surface area contributed by atoms with Crippen LogP contribution in [0, 0.1) is 25.1 Å². The molecule has 0 radical (unpaired) electrons. The predicted octanol–water partition coefficient (Wildman–Crippen LogP) is 6.34. The SMILES string of the molecule is Cc1nc(C)c(-c2ccc(OCc3ccccc3)c(F)c2)c(N2CCC(C)(C)CC2)c1CC(=O)O. The van der Waals surface area contributed by atoms with Crippen molar-refractivity contribution in [1.29, 1.82) is 0 Å². The zero-order valence-corrected chi connectivity index (χ0v) is 20.9. The lowest BCUT2D eigenvalue weighted by molar-refractivity contribution is -0.136. The number of aromatic nitrogens is 1. The summed E-state index contributed by atoms with van der Waals surface area (Å²) in [6, 6.07) is 14.6. The Morgan fingerprint density at radius 3 is 2.40 bits per heavy atom. The molecule has 0 spiro atoms. The Labute approximate surface area is 206 Å². The summed E-state index contributed by atoms with van der Waals surface area (Å²) in [5, 5.41) is 9.64. The first-order valence-electron chi connectivity index (χ1n) is 12.1. The fourth-order valence-corrected chi connectivity index (χ4v) is 4.77. The van der Waals surface area contributed by atoms with Gasteiger partial charge >= 0.3 is 5.97 Å². The third-order valence-corrected chi connectivity index (χ3v) is 6.88. The highest BCUT2D eigenvalue weighted by atomic mass is 19.1. The van der Waals surface area contributed by atoms with Gasteiger partial charge in [-0.05, 0) is 55.4 Å². The number of carboxylic acids is 1. The van der Waals surface area contributed by atoms with E-state index in [-0.39, 0.29) is 24.2 Å². The molecule has 0 bridgehead atoms. The van der Waals surface area contributed by atoms with Crippen LogP contribution in [-0.2, 0) is 17.8 Å². The number of nitrogens with zero attached hydrogens (tertiary/aromatic N) is 2. The molecule has 1 aliphatic heterocycles. The predicted molar refractivity (Wildman–Crippen MR) is 136 cm³/mol. The van der Waals surface area contributed by atoms with Gasteiger partial charge in [0.1, 0.15) is 6.61 Å². The third-order valence-electron chi connectivity index (χ3n) is 6.88. The van der Waals surface area contributed by atoms with E-state index in [9.17, 15) is 9.90 Å². The number of pyridine rings is 1. The van der Waals surface area contributed by atoms with Crippen LogP contribution in [0.5, 0.6) is 5.75 Å². The van der Waals surface area contributed by atoms with Crippen molar-refractivity contribution >= 4 is 11.7 Å². The van der Waals surface area contributed by atoms with Crippen molar-refractivity contribution in [2.24, 2.45) is 5.41 Å². The summed E-state index contributed by atoms with van der Waals surface area (Å²) in [4.78, 5) is 18.7. The van der Waals surface area contributed by atoms with Crippen molar-refractivity contribution in [3.05, 3.63) is 76.9 Å². The third kappa shape index (κ3) is 5.64. The molecule has 0 unspecified atom stereocenters. The molecular weight excluding hydrogens is 443 g/mol. The Bertz CT molecular complexity index is 1210. The highest BCUT2D eigenvalue weighted by Crippen LogP contribution is 2.42. The fourth-order valence-electron chi connectivity index (χ4n) is 4.77. The van der Waals surface area contributed by atoms with E-state index >= 15 is 4.39 Å². The van der Waals surface area contributed by atoms with Crippen LogP contribution in [0.15, 0.2) is 48.5 Å². The zero-order valence-electron chi connectivity index (χ0n) is 20.9. The minimum Gasteiger partial charge on any atom is -0.486 e. The number of aliphatic carboxylic acids is 1. The molecule has 1 aliphatic rings. The van der Waals surface area contributed by atoms with Crippen molar-refractivity contribution in [2.45, 2.75) is 53.6 Å². The Balaban J connectivity index is 1.74. The summed E-state index contributed by atoms with van der Waals surface area (Å²) < 4.78 is 20.9. The first-order valence-corrected chi connectivity index (χ1v) is 12.1. The summed E-state index contributed by atoms with van der Waals surface area (Å²) in [6.45, 7) is 10.2. The van der Waals surface area contributed by atoms with Gasteiger partial charge in [-0.1, -0.05) is 50.2 Å². The first kappa shape index (κ1) is 24.7. The van der Waals surface area contributed by atoms with Crippen molar-refractivity contribution in [2.75, 3.05) is 18.0 Å². The summed E-state index contributed by atoms with van der Waals surface area (Å²) in [5.41, 5.74) is 5.69. The van der Waals surface area contributed by atoms with Crippen LogP contribution in [-0.4, -0.2) is 29.1 Å². The number of anilines is 1. The zero-order chi connectivity index (χ0) is 25.2. The van der Waals surface area contributed by atoms with Gasteiger partial charge in [0.05, 0.1) is 12.1 Å². The second-order valence-electron chi connectivity index (χ2n) is 10.1. The van der Waals surface area contributed by atoms with Gasteiger partial charge in [0.2, 0.25) is 0 Å². The van der Waals surface area contributed by atoms with Gasteiger partial charge in [-0.2, -0.15) is 0 Å². The number of carbonyl (C=O) groups is 1. The topological polar surface area (TPSA) is 62.7 Å². The van der Waals surface area contributed by atoms with Crippen LogP contribution >= 0.6 is 0 Å². The lowest BCUT2D eigenvalue weighted by Gasteiger charge is -2.40. The highest BCUT2D eigenvalue weighted by molar-refractivity contribution is 5.86. The molecule has 35 heavy (non-hydrogen) atoms. The van der Waals surface area contributed by atoms with Gasteiger partial charge in [-0.25, -0.2) is 4.39 Å². The molecule has 1 saturated heterocycles. The van der Waals surface area contributed by atoms with Crippen LogP contribution < -0.4 is 9.64 Å². The monoisotopic (exact) mass is 476 g/mol. The second-order valence-corrected chi connectivity index (χ2v) is 10.1. The molecule has 2 heterocycles. The maximum absolute atomic E-state index is 15.2. The van der Waals surface area contributed by atoms with Crippen molar-refractivity contribution in [1.82, 2.24) is 4.98 Å². The van der Waals surface area contributed by atoms with Crippen LogP contribution in [0.2, 0.25) is 0 Å². The van der Waals surface area contributed by atoms with Crippen LogP contribution in [0.4, 0.5) is 10.1 Å². The van der Waals surface area contributed by atoms with E-state index in [0.29, 0.717) is 16.8 Å². The van der Waals surface area contributed by atoms with Crippen molar-refractivity contribution in [3.8, 4) is 16.9 Å². The van der Waals surface area contributed by atoms with Gasteiger partial charge in [0.25, 0.3) is 0 Å². The number of aryl methyl sites for hydroxylation is 2. The van der Waals surface area contributed by atoms with Gasteiger partial charge < -0.3 is 14.7 Å². The van der Waals surface area contributed by atoms with Gasteiger partial charge in [-0.15, -0.1) is 0 Å². The largest absolute Gasteiger partial charge is 0.486 e. The number of carboxylic acid groups (broad SMARTS) is 1. The van der Waals surface area contributed by atoms with E-state index in [1.807, 2.05) is 50.2 Å². The molecule has 0 saturated carbocycles. The van der Waals surface area contributed by atoms with E-state index in [0.717, 1.165) is 48.4 Å². The maximum Gasteiger partial charge on any atom is 0.307 e. The lowest BCUT2D eigenvalue weighted by atomic mass is 9.82. The Morgan fingerprint density at radius 1 is 1.09 bits per heavy atom. The highest BCUT2D eigenvalue weighted by Gasteiger charge is 2.30. The average molecular weight is 477 g/mol. The minimum absolute atomic E-state index is 0.123. The molecule has 5 nitrogen and oxygen atoms in total. The second kappa shape index (κ2) is 10.1. The van der Waals surface area contributed by atoms with Crippen LogP contribution in [0.25, 0.3) is 11.1 Å². The first-order chi connectivity index (χ1) is 16.6. The van der Waals surface area contributed by atoms with Gasteiger partial charge in [0.15, 0.2) is 11.6 Å². The number of piperidine rings is 1. The van der Waals surface area contributed by atoms with E-state index < -0.39 is 11.8 Å². The van der Waals surface area contributed by atoms with Gasteiger partial charge in [0, 0.05) is 35.6 Å². The molecule has 0 aliphatic carbocycles. The quantitative estimate of drug-likeness (QED) is 0.431. The number of hydrogen-bond acceptors (Lipinski definition) is 4.